The number of hydrogen-bond acceptors (Lipinski definition) is 7. The molecule has 1 saturated heterocycles. The SMILES string of the molecule is Cc1ccc([C@@H]2N=C(c3nccs3)N3CC(NS(=O)(=O)C4CC4)CC3=C2c2ccn[nH]2)c(Cl)c1. The number of aliphatic imine (C=N–C) groups is 1. The Morgan fingerprint density at radius 2 is 2.09 bits per heavy atom. The van der Waals surface area contributed by atoms with E-state index in [1.165, 1.54) is 11.3 Å². The van der Waals surface area contributed by atoms with Crippen LogP contribution in [0, 0.1) is 6.92 Å². The lowest BCUT2D eigenvalue weighted by molar-refractivity contribution is 0.517. The zero-order valence-electron chi connectivity index (χ0n) is 18.4. The molecule has 0 radical (unpaired) electrons. The highest BCUT2D eigenvalue weighted by molar-refractivity contribution is 7.90. The van der Waals surface area contributed by atoms with Crippen LogP contribution in [0.1, 0.15) is 47.1 Å². The molecular formula is C23H23ClN6O2S2. The van der Waals surface area contributed by atoms with Gasteiger partial charge in [0.1, 0.15) is 6.04 Å². The van der Waals surface area contributed by atoms with Gasteiger partial charge in [-0.1, -0.05) is 23.7 Å². The number of rotatable bonds is 6. The Balaban J connectivity index is 1.50. The quantitative estimate of drug-likeness (QED) is 0.519. The number of thiazole rings is 1. The Hall–Kier alpha value is -2.53. The Kier molecular flexibility index (Phi) is 5.36. The molecule has 1 unspecified atom stereocenters. The molecule has 34 heavy (non-hydrogen) atoms. The van der Waals surface area contributed by atoms with Gasteiger partial charge in [0.25, 0.3) is 0 Å². The summed E-state index contributed by atoms with van der Waals surface area (Å²) in [6.45, 7) is 2.50. The number of sulfonamides is 1. The summed E-state index contributed by atoms with van der Waals surface area (Å²) in [5.41, 5.74) is 4.77. The molecule has 2 atom stereocenters. The molecule has 1 aliphatic carbocycles. The lowest BCUT2D eigenvalue weighted by Crippen LogP contribution is -2.40. The maximum atomic E-state index is 12.7. The molecule has 1 saturated carbocycles. The van der Waals surface area contributed by atoms with E-state index in [4.69, 9.17) is 16.6 Å². The van der Waals surface area contributed by atoms with E-state index in [2.05, 4.69) is 24.8 Å². The van der Waals surface area contributed by atoms with Crippen molar-refractivity contribution < 1.29 is 8.42 Å². The first kappa shape index (κ1) is 22.0. The predicted octanol–water partition coefficient (Wildman–Crippen LogP) is 3.90. The number of aryl methyl sites for hydroxylation is 1. The van der Waals surface area contributed by atoms with Gasteiger partial charge in [0, 0.05) is 53.1 Å². The van der Waals surface area contributed by atoms with Crippen LogP contribution in [0.15, 0.2) is 52.7 Å². The topological polar surface area (TPSA) is 103 Å². The minimum Gasteiger partial charge on any atom is -0.326 e. The van der Waals surface area contributed by atoms with Crippen LogP contribution in [-0.2, 0) is 10.0 Å². The number of benzene rings is 1. The second-order valence-electron chi connectivity index (χ2n) is 8.92. The van der Waals surface area contributed by atoms with E-state index in [1.54, 1.807) is 12.4 Å². The number of hydrogen-bond donors (Lipinski definition) is 2. The van der Waals surface area contributed by atoms with Crippen molar-refractivity contribution in [1.82, 2.24) is 24.8 Å². The summed E-state index contributed by atoms with van der Waals surface area (Å²) < 4.78 is 28.4. The van der Waals surface area contributed by atoms with Crippen LogP contribution in [0.3, 0.4) is 0 Å². The number of amidine groups is 1. The van der Waals surface area contributed by atoms with Gasteiger partial charge in [-0.25, -0.2) is 18.1 Å². The monoisotopic (exact) mass is 514 g/mol. The van der Waals surface area contributed by atoms with E-state index in [0.717, 1.165) is 51.8 Å². The first-order valence-electron chi connectivity index (χ1n) is 11.2. The smallest absolute Gasteiger partial charge is 0.214 e. The van der Waals surface area contributed by atoms with Gasteiger partial charge < -0.3 is 4.90 Å². The first-order valence-corrected chi connectivity index (χ1v) is 14.0. The molecule has 3 aromatic rings. The maximum Gasteiger partial charge on any atom is 0.214 e. The van der Waals surface area contributed by atoms with E-state index < -0.39 is 10.0 Å². The summed E-state index contributed by atoms with van der Waals surface area (Å²) >= 11 is 8.24. The number of H-pyrrole nitrogens is 1. The van der Waals surface area contributed by atoms with E-state index >= 15 is 0 Å². The third-order valence-corrected chi connectivity index (χ3v) is 9.53. The van der Waals surface area contributed by atoms with Crippen molar-refractivity contribution in [3.63, 3.8) is 0 Å². The van der Waals surface area contributed by atoms with Gasteiger partial charge in [0.2, 0.25) is 10.0 Å². The van der Waals surface area contributed by atoms with Crippen LogP contribution >= 0.6 is 22.9 Å². The molecule has 2 aromatic heterocycles. The summed E-state index contributed by atoms with van der Waals surface area (Å²) in [5, 5.41) is 10.4. The summed E-state index contributed by atoms with van der Waals surface area (Å²) in [6, 6.07) is 7.27. The van der Waals surface area contributed by atoms with Crippen LogP contribution in [0.4, 0.5) is 0 Å². The van der Waals surface area contributed by atoms with E-state index in [9.17, 15) is 8.42 Å². The van der Waals surface area contributed by atoms with Crippen molar-refractivity contribution >= 4 is 44.4 Å². The third kappa shape index (κ3) is 3.88. The fourth-order valence-electron chi connectivity index (χ4n) is 4.70. The molecule has 2 fully saturated rings. The van der Waals surface area contributed by atoms with Crippen molar-refractivity contribution in [3.8, 4) is 0 Å². The largest absolute Gasteiger partial charge is 0.326 e. The zero-order chi connectivity index (χ0) is 23.4. The number of fused-ring (bicyclic) bond motifs is 1. The first-order chi connectivity index (χ1) is 16.4. The van der Waals surface area contributed by atoms with Crippen LogP contribution < -0.4 is 4.72 Å². The minimum absolute atomic E-state index is 0.254. The Labute approximate surface area is 206 Å². The summed E-state index contributed by atoms with van der Waals surface area (Å²) in [4.78, 5) is 11.8. The van der Waals surface area contributed by atoms with Crippen LogP contribution in [0.5, 0.6) is 0 Å². The van der Waals surface area contributed by atoms with Gasteiger partial charge in [-0.3, -0.25) is 10.1 Å². The third-order valence-electron chi connectivity index (χ3n) is 6.42. The van der Waals surface area contributed by atoms with Crippen molar-refractivity contribution in [2.45, 2.75) is 43.5 Å². The van der Waals surface area contributed by atoms with E-state index in [1.807, 2.05) is 36.6 Å². The minimum atomic E-state index is -3.33. The molecule has 0 amide bonds. The van der Waals surface area contributed by atoms with Crippen molar-refractivity contribution in [3.05, 3.63) is 74.6 Å². The molecule has 6 rings (SSSR count). The lowest BCUT2D eigenvalue weighted by atomic mass is 9.92. The average Bonchev–Trinajstić information content (AvgIpc) is 3.17. The molecule has 3 aliphatic rings. The van der Waals surface area contributed by atoms with Gasteiger partial charge >= 0.3 is 0 Å². The lowest BCUT2D eigenvalue weighted by Gasteiger charge is -2.32. The summed E-state index contributed by atoms with van der Waals surface area (Å²) in [5.74, 6) is 0.739. The van der Waals surface area contributed by atoms with Crippen molar-refractivity contribution in [2.75, 3.05) is 6.54 Å². The van der Waals surface area contributed by atoms with Gasteiger partial charge in [0.05, 0.1) is 10.9 Å². The van der Waals surface area contributed by atoms with Crippen molar-refractivity contribution in [1.29, 1.82) is 0 Å². The van der Waals surface area contributed by atoms with Gasteiger partial charge in [-0.2, -0.15) is 5.10 Å². The van der Waals surface area contributed by atoms with Gasteiger partial charge in [0.15, 0.2) is 10.8 Å². The fraction of sp³-hybridized carbons (Fsp3) is 0.348. The van der Waals surface area contributed by atoms with Crippen LogP contribution in [0.25, 0.3) is 5.57 Å². The Morgan fingerprint density at radius 1 is 1.24 bits per heavy atom. The molecule has 1 aromatic carbocycles. The molecular weight excluding hydrogens is 492 g/mol. The number of aromatic amines is 1. The summed E-state index contributed by atoms with van der Waals surface area (Å²) in [7, 11) is -3.33. The molecule has 2 aliphatic heterocycles. The number of nitrogens with zero attached hydrogens (tertiary/aromatic N) is 4. The van der Waals surface area contributed by atoms with Crippen LogP contribution in [0.2, 0.25) is 5.02 Å². The molecule has 2 N–H and O–H groups in total. The zero-order valence-corrected chi connectivity index (χ0v) is 20.8. The number of halogens is 1. The second-order valence-corrected chi connectivity index (χ2v) is 12.2. The maximum absolute atomic E-state index is 12.7. The number of aromatic nitrogens is 3. The molecule has 4 heterocycles. The highest BCUT2D eigenvalue weighted by atomic mass is 35.5. The number of nitrogens with one attached hydrogen (secondary N) is 2. The van der Waals surface area contributed by atoms with Crippen molar-refractivity contribution in [2.24, 2.45) is 4.99 Å². The molecule has 11 heteroatoms. The summed E-state index contributed by atoms with van der Waals surface area (Å²) in [6.07, 6.45) is 5.48. The Morgan fingerprint density at radius 3 is 2.76 bits per heavy atom. The molecule has 176 valence electrons. The normalized spacial score (nSPS) is 22.8. The second kappa shape index (κ2) is 8.30. The fourth-order valence-corrected chi connectivity index (χ4v) is 7.25. The standard InChI is InChI=1S/C23H23ClN6O2S2/c1-13-2-5-16(17(24)10-13)21-20(18-6-7-26-28-18)19-11-14(29-34(31,32)15-3-4-15)12-30(19)22(27-21)23-25-8-9-33-23/h2,5-10,14-15,21,29H,3-4,11-12H2,1H3,(H,26,28)/t14?,21-/m0/s1. The predicted molar refractivity (Wildman–Crippen MR) is 133 cm³/mol. The highest BCUT2D eigenvalue weighted by Crippen LogP contribution is 2.46. The van der Waals surface area contributed by atoms with E-state index in [-0.39, 0.29) is 17.3 Å². The molecule has 0 bridgehead atoms. The molecule has 8 nitrogen and oxygen atoms in total. The van der Waals surface area contributed by atoms with Gasteiger partial charge in [-0.05, 0) is 43.0 Å². The van der Waals surface area contributed by atoms with Crippen LogP contribution in [-0.4, -0.2) is 52.2 Å². The van der Waals surface area contributed by atoms with E-state index in [0.29, 0.717) is 18.0 Å². The average molecular weight is 515 g/mol. The van der Waals surface area contributed by atoms with Gasteiger partial charge in [-0.15, -0.1) is 11.3 Å². The Bertz CT molecular complexity index is 1400. The highest BCUT2D eigenvalue weighted by Gasteiger charge is 2.43. The molecule has 0 spiro atoms.